The van der Waals surface area contributed by atoms with Crippen LogP contribution < -0.4 is 5.73 Å². The smallest absolute Gasteiger partial charge is 0.188 e. The van der Waals surface area contributed by atoms with E-state index in [-0.39, 0.29) is 5.96 Å². The molecule has 6 heteroatoms. The Balaban J connectivity index is 2.20. The fourth-order valence-electron chi connectivity index (χ4n) is 1.27. The van der Waals surface area contributed by atoms with E-state index in [2.05, 4.69) is 10.2 Å². The summed E-state index contributed by atoms with van der Waals surface area (Å²) in [6.45, 7) is 2.16. The largest absolute Gasteiger partial charge is 0.370 e. The molecule has 2 heterocycles. The molecule has 2 rings (SSSR count). The normalized spacial score (nSPS) is 15.8. The number of hydrogen-bond donors (Lipinski definition) is 2. The lowest BCUT2D eigenvalue weighted by atomic mass is 10.4. The summed E-state index contributed by atoms with van der Waals surface area (Å²) in [5.74, 6) is 0.973. The van der Waals surface area contributed by atoms with Gasteiger partial charge in [0.1, 0.15) is 6.33 Å². The summed E-state index contributed by atoms with van der Waals surface area (Å²) < 4.78 is 1.97. The monoisotopic (exact) mass is 166 g/mol. The highest BCUT2D eigenvalue weighted by molar-refractivity contribution is 5.74. The Bertz CT molecular complexity index is 303. The molecule has 0 saturated heterocycles. The minimum atomic E-state index is 0.101. The molecule has 12 heavy (non-hydrogen) atoms. The molecule has 0 saturated carbocycles. The van der Waals surface area contributed by atoms with Gasteiger partial charge in [0.25, 0.3) is 0 Å². The molecule has 1 aromatic rings. The van der Waals surface area contributed by atoms with Crippen molar-refractivity contribution in [2.24, 2.45) is 5.73 Å². The number of nitrogens with zero attached hydrogens (tertiary/aromatic N) is 4. The number of rotatable bonds is 0. The van der Waals surface area contributed by atoms with Gasteiger partial charge in [-0.1, -0.05) is 0 Å². The zero-order valence-electron chi connectivity index (χ0n) is 6.56. The lowest BCUT2D eigenvalue weighted by Crippen LogP contribution is -2.41. The van der Waals surface area contributed by atoms with E-state index in [4.69, 9.17) is 11.1 Å². The van der Waals surface area contributed by atoms with Crippen LogP contribution >= 0.6 is 0 Å². The van der Waals surface area contributed by atoms with Crippen LogP contribution in [0.5, 0.6) is 0 Å². The van der Waals surface area contributed by atoms with Gasteiger partial charge in [-0.25, -0.2) is 0 Å². The van der Waals surface area contributed by atoms with Crippen molar-refractivity contribution in [2.75, 3.05) is 6.54 Å². The van der Waals surface area contributed by atoms with Gasteiger partial charge >= 0.3 is 0 Å². The van der Waals surface area contributed by atoms with E-state index in [1.54, 1.807) is 11.2 Å². The van der Waals surface area contributed by atoms with E-state index in [1.165, 1.54) is 0 Å². The number of aromatic nitrogens is 3. The Morgan fingerprint density at radius 1 is 1.58 bits per heavy atom. The third kappa shape index (κ3) is 1.01. The topological polar surface area (TPSA) is 83.8 Å². The van der Waals surface area contributed by atoms with E-state index < -0.39 is 0 Å². The SMILES string of the molecule is N=C(N)N1CCn2cnnc2C1. The van der Waals surface area contributed by atoms with E-state index in [9.17, 15) is 0 Å². The van der Waals surface area contributed by atoms with E-state index >= 15 is 0 Å². The first-order valence-corrected chi connectivity index (χ1v) is 3.73. The molecule has 0 amide bonds. The minimum absolute atomic E-state index is 0.101. The molecule has 0 atom stereocenters. The van der Waals surface area contributed by atoms with E-state index in [1.807, 2.05) is 4.57 Å². The standard InChI is InChI=1S/C6H10N6/c7-6(8)11-1-2-12-4-9-10-5(12)3-11/h4H,1-3H2,(H3,7,8). The number of nitrogens with two attached hydrogens (primary N) is 1. The Kier molecular flexibility index (Phi) is 1.46. The summed E-state index contributed by atoms with van der Waals surface area (Å²) in [5, 5.41) is 14.9. The molecule has 0 aliphatic carbocycles. The van der Waals surface area contributed by atoms with E-state index in [0.717, 1.165) is 18.9 Å². The molecule has 64 valence electrons. The van der Waals surface area contributed by atoms with Crippen molar-refractivity contribution in [2.45, 2.75) is 13.1 Å². The quantitative estimate of drug-likeness (QED) is 0.382. The van der Waals surface area contributed by atoms with Crippen molar-refractivity contribution in [3.05, 3.63) is 12.2 Å². The summed E-state index contributed by atoms with van der Waals surface area (Å²) in [7, 11) is 0. The molecule has 0 unspecified atom stereocenters. The maximum Gasteiger partial charge on any atom is 0.188 e. The van der Waals surface area contributed by atoms with Gasteiger partial charge in [0.15, 0.2) is 11.8 Å². The Hall–Kier alpha value is -1.59. The second kappa shape index (κ2) is 2.47. The van der Waals surface area contributed by atoms with Gasteiger partial charge in [-0.15, -0.1) is 10.2 Å². The van der Waals surface area contributed by atoms with Crippen LogP contribution in [0.25, 0.3) is 0 Å². The van der Waals surface area contributed by atoms with Crippen molar-refractivity contribution >= 4 is 5.96 Å². The average molecular weight is 166 g/mol. The Morgan fingerprint density at radius 3 is 3.17 bits per heavy atom. The van der Waals surface area contributed by atoms with E-state index in [0.29, 0.717) is 6.54 Å². The second-order valence-electron chi connectivity index (χ2n) is 2.75. The molecule has 6 nitrogen and oxygen atoms in total. The molecule has 0 radical (unpaired) electrons. The third-order valence-electron chi connectivity index (χ3n) is 1.98. The summed E-state index contributed by atoms with van der Waals surface area (Å²) in [4.78, 5) is 1.77. The summed E-state index contributed by atoms with van der Waals surface area (Å²) in [6.07, 6.45) is 1.70. The molecule has 0 bridgehead atoms. The van der Waals surface area contributed by atoms with Crippen LogP contribution in [0.4, 0.5) is 0 Å². The summed E-state index contributed by atoms with van der Waals surface area (Å²) >= 11 is 0. The second-order valence-corrected chi connectivity index (χ2v) is 2.75. The summed E-state index contributed by atoms with van der Waals surface area (Å²) in [5.41, 5.74) is 5.34. The van der Waals surface area contributed by atoms with Gasteiger partial charge in [0, 0.05) is 13.1 Å². The van der Waals surface area contributed by atoms with Gasteiger partial charge in [0.2, 0.25) is 0 Å². The van der Waals surface area contributed by atoms with Gasteiger partial charge in [0.05, 0.1) is 6.54 Å². The first-order chi connectivity index (χ1) is 5.77. The first kappa shape index (κ1) is 7.08. The number of hydrogen-bond acceptors (Lipinski definition) is 3. The molecular weight excluding hydrogens is 156 g/mol. The highest BCUT2D eigenvalue weighted by Gasteiger charge is 2.17. The van der Waals surface area contributed by atoms with Crippen molar-refractivity contribution in [3.63, 3.8) is 0 Å². The minimum Gasteiger partial charge on any atom is -0.370 e. The molecule has 1 aliphatic rings. The molecular formula is C6H10N6. The Labute approximate surface area is 69.5 Å². The molecule has 0 aromatic carbocycles. The highest BCUT2D eigenvalue weighted by atomic mass is 15.3. The van der Waals surface area contributed by atoms with Gasteiger partial charge in [-0.3, -0.25) is 5.41 Å². The molecule has 3 N–H and O–H groups in total. The highest BCUT2D eigenvalue weighted by Crippen LogP contribution is 2.07. The first-order valence-electron chi connectivity index (χ1n) is 3.73. The van der Waals surface area contributed by atoms with Crippen molar-refractivity contribution in [3.8, 4) is 0 Å². The van der Waals surface area contributed by atoms with Crippen LogP contribution in [0.3, 0.4) is 0 Å². The van der Waals surface area contributed by atoms with Gasteiger partial charge in [-0.2, -0.15) is 0 Å². The van der Waals surface area contributed by atoms with Crippen LogP contribution in [-0.2, 0) is 13.1 Å². The fourth-order valence-corrected chi connectivity index (χ4v) is 1.27. The van der Waals surface area contributed by atoms with Crippen LogP contribution in [0.15, 0.2) is 6.33 Å². The van der Waals surface area contributed by atoms with Crippen molar-refractivity contribution < 1.29 is 0 Å². The maximum atomic E-state index is 7.23. The average Bonchev–Trinajstić information content (AvgIpc) is 2.49. The molecule has 0 fully saturated rings. The van der Waals surface area contributed by atoms with Crippen LogP contribution in [-0.4, -0.2) is 32.2 Å². The van der Waals surface area contributed by atoms with Gasteiger partial charge < -0.3 is 15.2 Å². The number of nitrogens with one attached hydrogen (secondary N) is 1. The number of guanidine groups is 1. The summed E-state index contributed by atoms with van der Waals surface area (Å²) in [6, 6.07) is 0. The Morgan fingerprint density at radius 2 is 2.42 bits per heavy atom. The van der Waals surface area contributed by atoms with Crippen molar-refractivity contribution in [1.82, 2.24) is 19.7 Å². The zero-order valence-corrected chi connectivity index (χ0v) is 6.56. The number of fused-ring (bicyclic) bond motifs is 1. The van der Waals surface area contributed by atoms with Crippen LogP contribution in [0, 0.1) is 5.41 Å². The molecule has 0 spiro atoms. The van der Waals surface area contributed by atoms with Crippen molar-refractivity contribution in [1.29, 1.82) is 5.41 Å². The zero-order chi connectivity index (χ0) is 8.55. The lowest BCUT2D eigenvalue weighted by molar-refractivity contribution is 0.325. The maximum absolute atomic E-state index is 7.23. The molecule has 1 aliphatic heterocycles. The van der Waals surface area contributed by atoms with Crippen LogP contribution in [0.1, 0.15) is 5.82 Å². The molecule has 1 aromatic heterocycles. The third-order valence-corrected chi connectivity index (χ3v) is 1.98. The predicted octanol–water partition coefficient (Wildman–Crippen LogP) is -1.01. The lowest BCUT2D eigenvalue weighted by Gasteiger charge is -2.26. The van der Waals surface area contributed by atoms with Gasteiger partial charge in [-0.05, 0) is 0 Å². The fraction of sp³-hybridized carbons (Fsp3) is 0.500. The van der Waals surface area contributed by atoms with Crippen LogP contribution in [0.2, 0.25) is 0 Å². The predicted molar refractivity (Wildman–Crippen MR) is 42.3 cm³/mol.